The lowest BCUT2D eigenvalue weighted by Gasteiger charge is -2.07. The summed E-state index contributed by atoms with van der Waals surface area (Å²) in [4.78, 5) is 15.0. The molecule has 1 aromatic carbocycles. The molecular weight excluding hydrogens is 286 g/mol. The van der Waals surface area contributed by atoms with Gasteiger partial charge in [0, 0.05) is 18.9 Å². The zero-order chi connectivity index (χ0) is 15.4. The normalized spacial score (nSPS) is 10.4. The molecule has 0 radical (unpaired) electrons. The second-order valence-electron chi connectivity index (χ2n) is 4.81. The number of thioether (sulfide) groups is 1. The minimum atomic E-state index is -0.393. The minimum absolute atomic E-state index is 0.0448. The van der Waals surface area contributed by atoms with Crippen LogP contribution in [0.1, 0.15) is 16.7 Å². The van der Waals surface area contributed by atoms with Crippen LogP contribution < -0.4 is 5.32 Å². The van der Waals surface area contributed by atoms with E-state index in [2.05, 4.69) is 28.5 Å². The van der Waals surface area contributed by atoms with E-state index in [-0.39, 0.29) is 5.69 Å². The van der Waals surface area contributed by atoms with Crippen LogP contribution in [0.2, 0.25) is 0 Å². The van der Waals surface area contributed by atoms with Gasteiger partial charge in [0.25, 0.3) is 0 Å². The van der Waals surface area contributed by atoms with Crippen molar-refractivity contribution in [2.75, 3.05) is 12.4 Å². The van der Waals surface area contributed by atoms with E-state index in [1.165, 1.54) is 29.0 Å². The first-order valence-electron chi connectivity index (χ1n) is 6.53. The third kappa shape index (κ3) is 3.95. The summed E-state index contributed by atoms with van der Waals surface area (Å²) in [6.07, 6.45) is 0. The van der Waals surface area contributed by atoms with E-state index in [0.717, 1.165) is 5.56 Å². The van der Waals surface area contributed by atoms with Gasteiger partial charge >= 0.3 is 5.69 Å². The Balaban J connectivity index is 2.23. The number of nitro groups is 1. The smallest absolute Gasteiger partial charge is 0.301 e. The maximum absolute atomic E-state index is 11.1. The van der Waals surface area contributed by atoms with E-state index in [1.54, 1.807) is 13.1 Å². The number of benzene rings is 1. The Morgan fingerprint density at radius 1 is 1.24 bits per heavy atom. The Bertz CT molecular complexity index is 654. The molecule has 0 amide bonds. The summed E-state index contributed by atoms with van der Waals surface area (Å²) in [6.45, 7) is 4.09. The molecule has 0 spiro atoms. The Kier molecular flexibility index (Phi) is 4.80. The average Bonchev–Trinajstić information content (AvgIpc) is 2.43. The summed E-state index contributed by atoms with van der Waals surface area (Å²) in [5, 5.41) is 14.4. The fourth-order valence-corrected chi connectivity index (χ4v) is 3.04. The van der Waals surface area contributed by atoms with Gasteiger partial charge in [0.2, 0.25) is 0 Å². The lowest BCUT2D eigenvalue weighted by Crippen LogP contribution is -1.98. The second kappa shape index (κ2) is 6.58. The number of aromatic nitrogens is 1. The van der Waals surface area contributed by atoms with Gasteiger partial charge in [0.05, 0.1) is 4.92 Å². The van der Waals surface area contributed by atoms with Crippen LogP contribution in [-0.2, 0) is 5.75 Å². The van der Waals surface area contributed by atoms with Gasteiger partial charge in [-0.2, -0.15) is 0 Å². The molecule has 21 heavy (non-hydrogen) atoms. The van der Waals surface area contributed by atoms with Gasteiger partial charge in [-0.3, -0.25) is 10.1 Å². The van der Waals surface area contributed by atoms with Gasteiger partial charge in [-0.05, 0) is 25.5 Å². The van der Waals surface area contributed by atoms with Crippen LogP contribution in [0.4, 0.5) is 11.5 Å². The second-order valence-corrected chi connectivity index (χ2v) is 5.78. The topological polar surface area (TPSA) is 68.1 Å². The largest absolute Gasteiger partial charge is 0.373 e. The first-order valence-corrected chi connectivity index (χ1v) is 7.51. The van der Waals surface area contributed by atoms with E-state index in [9.17, 15) is 10.1 Å². The first-order chi connectivity index (χ1) is 9.99. The Hall–Kier alpha value is -2.08. The molecule has 1 heterocycles. The summed E-state index contributed by atoms with van der Waals surface area (Å²) < 4.78 is 0. The Morgan fingerprint density at radius 3 is 2.48 bits per heavy atom. The van der Waals surface area contributed by atoms with Crippen LogP contribution in [0.25, 0.3) is 0 Å². The van der Waals surface area contributed by atoms with E-state index >= 15 is 0 Å². The molecule has 0 fully saturated rings. The van der Waals surface area contributed by atoms with Crippen molar-refractivity contribution in [3.63, 3.8) is 0 Å². The fraction of sp³-hybridized carbons (Fsp3) is 0.267. The van der Waals surface area contributed by atoms with Crippen molar-refractivity contribution < 1.29 is 4.92 Å². The molecule has 2 aromatic rings. The molecule has 0 saturated heterocycles. The molecule has 0 saturated carbocycles. The molecular formula is C15H17N3O2S. The summed E-state index contributed by atoms with van der Waals surface area (Å²) in [5.74, 6) is 1.28. The van der Waals surface area contributed by atoms with Gasteiger partial charge in [-0.15, -0.1) is 0 Å². The van der Waals surface area contributed by atoms with Crippen molar-refractivity contribution in [1.29, 1.82) is 0 Å². The molecule has 0 unspecified atom stereocenters. The zero-order valence-corrected chi connectivity index (χ0v) is 13.0. The highest BCUT2D eigenvalue weighted by Crippen LogP contribution is 2.31. The van der Waals surface area contributed by atoms with Crippen molar-refractivity contribution in [2.24, 2.45) is 0 Å². The number of hydrogen-bond acceptors (Lipinski definition) is 5. The highest BCUT2D eigenvalue weighted by Gasteiger charge is 2.16. The van der Waals surface area contributed by atoms with Crippen LogP contribution >= 0.6 is 11.8 Å². The van der Waals surface area contributed by atoms with Gasteiger partial charge in [-0.1, -0.05) is 41.1 Å². The molecule has 0 atom stereocenters. The number of pyridine rings is 1. The molecule has 6 heteroatoms. The van der Waals surface area contributed by atoms with E-state index in [4.69, 9.17) is 0 Å². The summed E-state index contributed by atoms with van der Waals surface area (Å²) >= 11 is 1.38. The number of anilines is 1. The monoisotopic (exact) mass is 303 g/mol. The highest BCUT2D eigenvalue weighted by molar-refractivity contribution is 7.98. The van der Waals surface area contributed by atoms with Crippen molar-refractivity contribution in [3.8, 4) is 0 Å². The third-order valence-electron chi connectivity index (χ3n) is 2.95. The predicted molar refractivity (Wildman–Crippen MR) is 85.9 cm³/mol. The van der Waals surface area contributed by atoms with Crippen molar-refractivity contribution >= 4 is 23.3 Å². The molecule has 110 valence electrons. The van der Waals surface area contributed by atoms with Crippen LogP contribution in [0.15, 0.2) is 35.4 Å². The summed E-state index contributed by atoms with van der Waals surface area (Å²) in [5.41, 5.74) is 3.57. The molecule has 5 nitrogen and oxygen atoms in total. The number of nitrogens with one attached hydrogen (secondary N) is 1. The Labute approximate surface area is 127 Å². The molecule has 0 aliphatic rings. The number of aryl methyl sites for hydroxylation is 2. The number of rotatable bonds is 5. The van der Waals surface area contributed by atoms with E-state index in [0.29, 0.717) is 16.6 Å². The molecule has 0 aliphatic heterocycles. The minimum Gasteiger partial charge on any atom is -0.373 e. The SMILES string of the molecule is CNc1ccc([N+](=O)[O-])c(SCc2cc(C)cc(C)c2)n1. The number of nitrogens with zero attached hydrogens (tertiary/aromatic N) is 2. The molecule has 2 rings (SSSR count). The lowest BCUT2D eigenvalue weighted by atomic mass is 10.1. The van der Waals surface area contributed by atoms with Crippen LogP contribution in [0.5, 0.6) is 0 Å². The maximum atomic E-state index is 11.1. The molecule has 0 bridgehead atoms. The average molecular weight is 303 g/mol. The predicted octanol–water partition coefficient (Wildman–Crippen LogP) is 3.94. The van der Waals surface area contributed by atoms with Gasteiger partial charge in [0.15, 0.2) is 5.03 Å². The fourth-order valence-electron chi connectivity index (χ4n) is 2.12. The lowest BCUT2D eigenvalue weighted by molar-refractivity contribution is -0.388. The number of hydrogen-bond donors (Lipinski definition) is 1. The Morgan fingerprint density at radius 2 is 1.90 bits per heavy atom. The maximum Gasteiger partial charge on any atom is 0.301 e. The quantitative estimate of drug-likeness (QED) is 0.515. The zero-order valence-electron chi connectivity index (χ0n) is 12.2. The molecule has 1 aromatic heterocycles. The first kappa shape index (κ1) is 15.3. The molecule has 0 aliphatic carbocycles. The summed E-state index contributed by atoms with van der Waals surface area (Å²) in [7, 11) is 1.74. The summed E-state index contributed by atoms with van der Waals surface area (Å²) in [6, 6.07) is 9.39. The molecule has 1 N–H and O–H groups in total. The third-order valence-corrected chi connectivity index (χ3v) is 4.00. The van der Waals surface area contributed by atoms with E-state index in [1.807, 2.05) is 13.8 Å². The van der Waals surface area contributed by atoms with Crippen molar-refractivity contribution in [1.82, 2.24) is 4.98 Å². The van der Waals surface area contributed by atoms with Crippen molar-refractivity contribution in [2.45, 2.75) is 24.6 Å². The highest BCUT2D eigenvalue weighted by atomic mass is 32.2. The van der Waals surface area contributed by atoms with Gasteiger partial charge < -0.3 is 5.32 Å². The van der Waals surface area contributed by atoms with Crippen LogP contribution in [0.3, 0.4) is 0 Å². The standard InChI is InChI=1S/C15H17N3O2S/c1-10-6-11(2)8-12(7-10)9-21-15-13(18(19)20)4-5-14(16-3)17-15/h4-8H,9H2,1-3H3,(H,16,17). The van der Waals surface area contributed by atoms with Crippen molar-refractivity contribution in [3.05, 3.63) is 57.1 Å². The van der Waals surface area contributed by atoms with Crippen LogP contribution in [-0.4, -0.2) is 17.0 Å². The van der Waals surface area contributed by atoms with Crippen LogP contribution in [0, 0.1) is 24.0 Å². The van der Waals surface area contributed by atoms with Gasteiger partial charge in [0.1, 0.15) is 5.82 Å². The van der Waals surface area contributed by atoms with E-state index < -0.39 is 4.92 Å². The van der Waals surface area contributed by atoms with Gasteiger partial charge in [-0.25, -0.2) is 4.98 Å².